The molecule has 3 rings (SSSR count). The molecule has 3 N–H and O–H groups in total. The predicted octanol–water partition coefficient (Wildman–Crippen LogP) is 3.69. The van der Waals surface area contributed by atoms with Crippen LogP contribution in [0, 0.1) is 19.8 Å². The van der Waals surface area contributed by atoms with Crippen LogP contribution in [0.3, 0.4) is 0 Å². The van der Waals surface area contributed by atoms with Crippen molar-refractivity contribution in [3.05, 3.63) is 39.8 Å². The van der Waals surface area contributed by atoms with Gasteiger partial charge in [0.1, 0.15) is 25.1 Å². The molecule has 0 unspecified atom stereocenters. The van der Waals surface area contributed by atoms with Crippen molar-refractivity contribution in [2.24, 2.45) is 5.92 Å². The summed E-state index contributed by atoms with van der Waals surface area (Å²) in [4.78, 5) is 13.4. The van der Waals surface area contributed by atoms with Crippen molar-refractivity contribution in [3.8, 4) is 28.0 Å². The summed E-state index contributed by atoms with van der Waals surface area (Å²) in [5, 5.41) is 29.8. The second kappa shape index (κ2) is 11.6. The lowest BCUT2D eigenvalue weighted by atomic mass is 10.0. The van der Waals surface area contributed by atoms with Gasteiger partial charge in [0.2, 0.25) is 11.8 Å². The Hall–Kier alpha value is -2.75. The van der Waals surface area contributed by atoms with Gasteiger partial charge in [0, 0.05) is 17.0 Å². The quantitative estimate of drug-likeness (QED) is 0.377. The third-order valence-electron chi connectivity index (χ3n) is 5.36. The van der Waals surface area contributed by atoms with Gasteiger partial charge < -0.3 is 24.7 Å². The number of carbonyl (C=O) groups is 1. The number of aliphatic hydroxyl groups excluding tert-OH is 2. The number of amides is 1. The number of aryl methyl sites for hydroxylation is 3. The molecule has 8 nitrogen and oxygen atoms in total. The molecule has 0 fully saturated rings. The van der Waals surface area contributed by atoms with E-state index in [0.29, 0.717) is 29.9 Å². The third-order valence-corrected chi connectivity index (χ3v) is 6.44. The van der Waals surface area contributed by atoms with Crippen LogP contribution < -0.4 is 10.1 Å². The summed E-state index contributed by atoms with van der Waals surface area (Å²) >= 11 is 1.67. The SMILES string of the molecule is CCc1cc(-c2nnc(-c3cc(CC(C)C)c(C)s3)o2)cc(C)c1OC[C@H](O)CNC(=O)CO. The first-order valence-electron chi connectivity index (χ1n) is 11.5. The lowest BCUT2D eigenvalue weighted by molar-refractivity contribution is -0.124. The highest BCUT2D eigenvalue weighted by atomic mass is 32.1. The van der Waals surface area contributed by atoms with Crippen LogP contribution in [0.2, 0.25) is 0 Å². The van der Waals surface area contributed by atoms with Crippen LogP contribution in [0.5, 0.6) is 5.75 Å². The van der Waals surface area contributed by atoms with Crippen LogP contribution in [0.4, 0.5) is 0 Å². The number of hydrogen-bond donors (Lipinski definition) is 3. The summed E-state index contributed by atoms with van der Waals surface area (Å²) < 4.78 is 11.9. The van der Waals surface area contributed by atoms with Crippen molar-refractivity contribution in [1.29, 1.82) is 0 Å². The fourth-order valence-corrected chi connectivity index (χ4v) is 4.65. The van der Waals surface area contributed by atoms with Gasteiger partial charge in [0.15, 0.2) is 0 Å². The molecule has 0 radical (unpaired) electrons. The fraction of sp³-hybridized carbons (Fsp3) is 0.480. The summed E-state index contributed by atoms with van der Waals surface area (Å²) in [5.74, 6) is 1.69. The molecule has 0 bridgehead atoms. The van der Waals surface area contributed by atoms with E-state index in [9.17, 15) is 9.90 Å². The first kappa shape index (κ1) is 25.9. The van der Waals surface area contributed by atoms with Gasteiger partial charge in [-0.3, -0.25) is 4.79 Å². The van der Waals surface area contributed by atoms with Crippen molar-refractivity contribution in [1.82, 2.24) is 15.5 Å². The Morgan fingerprint density at radius 1 is 1.18 bits per heavy atom. The van der Waals surface area contributed by atoms with Crippen LogP contribution in [-0.4, -0.2) is 52.2 Å². The average molecular weight is 488 g/mol. The number of ether oxygens (including phenoxy) is 1. The molecular weight excluding hydrogens is 454 g/mol. The summed E-state index contributed by atoms with van der Waals surface area (Å²) in [5.41, 5.74) is 3.96. The first-order valence-corrected chi connectivity index (χ1v) is 12.3. The van der Waals surface area contributed by atoms with E-state index in [1.165, 1.54) is 10.4 Å². The van der Waals surface area contributed by atoms with Crippen molar-refractivity contribution in [2.45, 2.75) is 53.6 Å². The topological polar surface area (TPSA) is 118 Å². The molecule has 34 heavy (non-hydrogen) atoms. The Kier molecular flexibility index (Phi) is 8.82. The van der Waals surface area contributed by atoms with Gasteiger partial charge in [-0.1, -0.05) is 20.8 Å². The number of carbonyl (C=O) groups excluding carboxylic acids is 1. The van der Waals surface area contributed by atoms with E-state index in [4.69, 9.17) is 14.3 Å². The second-order valence-corrected chi connectivity index (χ2v) is 10.0. The van der Waals surface area contributed by atoms with Gasteiger partial charge >= 0.3 is 0 Å². The molecular formula is C25H33N3O5S. The largest absolute Gasteiger partial charge is 0.490 e. The maximum atomic E-state index is 11.1. The second-order valence-electron chi connectivity index (χ2n) is 8.76. The Balaban J connectivity index is 1.76. The van der Waals surface area contributed by atoms with Crippen molar-refractivity contribution < 1.29 is 24.2 Å². The summed E-state index contributed by atoms with van der Waals surface area (Å²) in [6, 6.07) is 6.03. The highest BCUT2D eigenvalue weighted by Gasteiger charge is 2.18. The minimum atomic E-state index is -0.896. The van der Waals surface area contributed by atoms with E-state index in [1.807, 2.05) is 26.0 Å². The average Bonchev–Trinajstić information content (AvgIpc) is 3.43. The van der Waals surface area contributed by atoms with E-state index in [0.717, 1.165) is 28.0 Å². The highest BCUT2D eigenvalue weighted by molar-refractivity contribution is 7.15. The summed E-state index contributed by atoms with van der Waals surface area (Å²) in [6.07, 6.45) is 0.838. The van der Waals surface area contributed by atoms with Crippen LogP contribution in [0.1, 0.15) is 42.3 Å². The molecule has 2 heterocycles. The molecule has 0 aliphatic rings. The molecule has 1 aromatic carbocycles. The first-order chi connectivity index (χ1) is 16.2. The zero-order valence-electron chi connectivity index (χ0n) is 20.3. The maximum absolute atomic E-state index is 11.1. The van der Waals surface area contributed by atoms with Crippen LogP contribution >= 0.6 is 11.3 Å². The maximum Gasteiger partial charge on any atom is 0.258 e. The number of aliphatic hydroxyl groups is 2. The number of thiophene rings is 1. The standard InChI is InChI=1S/C25H33N3O5S/c1-6-17-9-19(8-15(4)23(17)32-13-20(30)11-26-22(31)12-29)24-27-28-25(33-24)21-10-18(7-14(2)3)16(5)34-21/h8-10,14,20,29-30H,6-7,11-13H2,1-5H3,(H,26,31)/t20-/m1/s1. The molecule has 0 saturated carbocycles. The third kappa shape index (κ3) is 6.43. The molecule has 0 aliphatic heterocycles. The molecule has 2 aromatic heterocycles. The lowest BCUT2D eigenvalue weighted by Crippen LogP contribution is -2.36. The molecule has 1 amide bonds. The number of nitrogens with one attached hydrogen (secondary N) is 1. The molecule has 3 aromatic rings. The molecule has 9 heteroatoms. The number of aromatic nitrogens is 2. The minimum absolute atomic E-state index is 0.00379. The van der Waals surface area contributed by atoms with Crippen LogP contribution in [0.15, 0.2) is 22.6 Å². The Labute approximate surface area is 204 Å². The zero-order chi connectivity index (χ0) is 24.8. The summed E-state index contributed by atoms with van der Waals surface area (Å²) in [7, 11) is 0. The van der Waals surface area contributed by atoms with E-state index in [1.54, 1.807) is 11.3 Å². The fourth-order valence-electron chi connectivity index (χ4n) is 3.67. The molecule has 0 saturated heterocycles. The number of hydrogen-bond acceptors (Lipinski definition) is 8. The molecule has 0 spiro atoms. The van der Waals surface area contributed by atoms with Gasteiger partial charge in [0.05, 0.1) is 4.88 Å². The molecule has 0 aliphatic carbocycles. The van der Waals surface area contributed by atoms with Crippen LogP contribution in [-0.2, 0) is 17.6 Å². The van der Waals surface area contributed by atoms with E-state index in [2.05, 4.69) is 42.4 Å². The lowest BCUT2D eigenvalue weighted by Gasteiger charge is -2.17. The van der Waals surface area contributed by atoms with Crippen molar-refractivity contribution in [3.63, 3.8) is 0 Å². The molecule has 184 valence electrons. The predicted molar refractivity (Wildman–Crippen MR) is 132 cm³/mol. The number of rotatable bonds is 11. The Morgan fingerprint density at radius 3 is 2.59 bits per heavy atom. The van der Waals surface area contributed by atoms with Gasteiger partial charge in [0.25, 0.3) is 5.89 Å². The zero-order valence-corrected chi connectivity index (χ0v) is 21.2. The Bertz CT molecular complexity index is 1120. The van der Waals surface area contributed by atoms with Gasteiger partial charge in [-0.25, -0.2) is 0 Å². The van der Waals surface area contributed by atoms with Crippen molar-refractivity contribution >= 4 is 17.2 Å². The highest BCUT2D eigenvalue weighted by Crippen LogP contribution is 2.35. The van der Waals surface area contributed by atoms with Gasteiger partial charge in [-0.2, -0.15) is 0 Å². The Morgan fingerprint density at radius 2 is 1.91 bits per heavy atom. The van der Waals surface area contributed by atoms with Gasteiger partial charge in [-0.05, 0) is 67.5 Å². The van der Waals surface area contributed by atoms with E-state index >= 15 is 0 Å². The van der Waals surface area contributed by atoms with E-state index < -0.39 is 18.6 Å². The van der Waals surface area contributed by atoms with Crippen molar-refractivity contribution in [2.75, 3.05) is 19.8 Å². The molecule has 1 atom stereocenters. The smallest absolute Gasteiger partial charge is 0.258 e. The normalized spacial score (nSPS) is 12.2. The van der Waals surface area contributed by atoms with E-state index in [-0.39, 0.29) is 13.2 Å². The number of benzene rings is 1. The number of nitrogens with zero attached hydrogens (tertiary/aromatic N) is 2. The van der Waals surface area contributed by atoms with Gasteiger partial charge in [-0.15, -0.1) is 21.5 Å². The monoisotopic (exact) mass is 487 g/mol. The summed E-state index contributed by atoms with van der Waals surface area (Å²) in [6.45, 7) is 9.89. The minimum Gasteiger partial charge on any atom is -0.490 e. The van der Waals surface area contributed by atoms with Crippen LogP contribution in [0.25, 0.3) is 22.2 Å².